The lowest BCUT2D eigenvalue weighted by Crippen LogP contribution is -2.46. The average Bonchev–Trinajstić information content (AvgIpc) is 2.95. The Morgan fingerprint density at radius 3 is 3.00 bits per heavy atom. The molecule has 3 rings (SSSR count). The summed E-state index contributed by atoms with van der Waals surface area (Å²) in [4.78, 5) is 17.5. The molecule has 1 saturated heterocycles. The fourth-order valence-corrected chi connectivity index (χ4v) is 3.83. The molecule has 0 saturated carbocycles. The molecule has 0 atom stereocenters. The standard InChI is InChI=1S/C13H14N2O2S2/c16-12(17)3-9-4-15(5-9)6-11-8-19-13(14-11)10-1-2-18-7-10/h1-2,7-9H,3-6H2,(H,16,17). The van der Waals surface area contributed by atoms with E-state index in [9.17, 15) is 4.79 Å². The summed E-state index contributed by atoms with van der Waals surface area (Å²) < 4.78 is 0. The molecule has 2 aromatic heterocycles. The maximum atomic E-state index is 10.6. The van der Waals surface area contributed by atoms with Gasteiger partial charge in [-0.3, -0.25) is 9.69 Å². The molecule has 2 aromatic rings. The van der Waals surface area contributed by atoms with E-state index in [1.54, 1.807) is 22.7 Å². The lowest BCUT2D eigenvalue weighted by Gasteiger charge is -2.38. The second-order valence-corrected chi connectivity index (χ2v) is 6.45. The molecule has 0 aliphatic carbocycles. The van der Waals surface area contributed by atoms with Crippen LogP contribution in [0.15, 0.2) is 22.2 Å². The quantitative estimate of drug-likeness (QED) is 0.921. The molecule has 4 nitrogen and oxygen atoms in total. The van der Waals surface area contributed by atoms with Crippen LogP contribution in [0.5, 0.6) is 0 Å². The van der Waals surface area contributed by atoms with E-state index in [1.807, 2.05) is 0 Å². The first-order chi connectivity index (χ1) is 9.20. The minimum absolute atomic E-state index is 0.285. The second-order valence-electron chi connectivity index (χ2n) is 4.81. The van der Waals surface area contributed by atoms with Crippen molar-refractivity contribution in [2.45, 2.75) is 13.0 Å². The van der Waals surface area contributed by atoms with E-state index in [-0.39, 0.29) is 6.42 Å². The highest BCUT2D eigenvalue weighted by Gasteiger charge is 2.28. The monoisotopic (exact) mass is 294 g/mol. The van der Waals surface area contributed by atoms with Crippen LogP contribution < -0.4 is 0 Å². The van der Waals surface area contributed by atoms with E-state index in [1.165, 1.54) is 5.56 Å². The SMILES string of the molecule is O=C(O)CC1CN(Cc2csc(-c3ccsc3)n2)C1. The van der Waals surface area contributed by atoms with E-state index in [2.05, 4.69) is 32.1 Å². The summed E-state index contributed by atoms with van der Waals surface area (Å²) in [5, 5.41) is 16.0. The Morgan fingerprint density at radius 2 is 2.32 bits per heavy atom. The largest absolute Gasteiger partial charge is 0.481 e. The first-order valence-electron chi connectivity index (χ1n) is 6.12. The van der Waals surface area contributed by atoms with Crippen LogP contribution in [0.25, 0.3) is 10.6 Å². The van der Waals surface area contributed by atoms with E-state index in [4.69, 9.17) is 5.11 Å². The third kappa shape index (κ3) is 3.02. The fraction of sp³-hybridized carbons (Fsp3) is 0.385. The van der Waals surface area contributed by atoms with Gasteiger partial charge in [-0.05, 0) is 17.4 Å². The molecule has 1 N–H and O–H groups in total. The van der Waals surface area contributed by atoms with Crippen molar-refractivity contribution in [2.75, 3.05) is 13.1 Å². The van der Waals surface area contributed by atoms with Gasteiger partial charge in [0, 0.05) is 36.0 Å². The number of aliphatic carboxylic acids is 1. The number of hydrogen-bond acceptors (Lipinski definition) is 5. The number of thiazole rings is 1. The smallest absolute Gasteiger partial charge is 0.303 e. The fourth-order valence-electron chi connectivity index (χ4n) is 2.31. The summed E-state index contributed by atoms with van der Waals surface area (Å²) >= 11 is 3.35. The Kier molecular flexibility index (Phi) is 3.63. The van der Waals surface area contributed by atoms with E-state index < -0.39 is 5.97 Å². The number of carboxylic acids is 1. The van der Waals surface area contributed by atoms with Gasteiger partial charge in [0.25, 0.3) is 0 Å². The molecular formula is C13H14N2O2S2. The minimum atomic E-state index is -0.696. The number of rotatable bonds is 5. The Morgan fingerprint density at radius 1 is 1.47 bits per heavy atom. The van der Waals surface area contributed by atoms with Crippen molar-refractivity contribution in [3.63, 3.8) is 0 Å². The number of hydrogen-bond donors (Lipinski definition) is 1. The van der Waals surface area contributed by atoms with E-state index in [0.29, 0.717) is 5.92 Å². The molecule has 1 aliphatic heterocycles. The molecule has 19 heavy (non-hydrogen) atoms. The van der Waals surface area contributed by atoms with Gasteiger partial charge in [0.05, 0.1) is 12.1 Å². The van der Waals surface area contributed by atoms with Crippen molar-refractivity contribution in [1.29, 1.82) is 0 Å². The molecule has 1 aliphatic rings. The van der Waals surface area contributed by atoms with Gasteiger partial charge in [-0.25, -0.2) is 4.98 Å². The second kappa shape index (κ2) is 5.40. The Bertz CT molecular complexity index is 559. The molecule has 1 fully saturated rings. The Labute approximate surface area is 119 Å². The van der Waals surface area contributed by atoms with Gasteiger partial charge in [-0.15, -0.1) is 11.3 Å². The number of nitrogens with zero attached hydrogens (tertiary/aromatic N) is 2. The van der Waals surface area contributed by atoms with Gasteiger partial charge in [-0.1, -0.05) is 0 Å². The molecule has 0 spiro atoms. The third-order valence-corrected chi connectivity index (χ3v) is 4.82. The molecule has 100 valence electrons. The number of thiophene rings is 1. The highest BCUT2D eigenvalue weighted by molar-refractivity contribution is 7.14. The van der Waals surface area contributed by atoms with Crippen LogP contribution in [0.1, 0.15) is 12.1 Å². The van der Waals surface area contributed by atoms with Crippen molar-refractivity contribution in [3.05, 3.63) is 27.9 Å². The van der Waals surface area contributed by atoms with Gasteiger partial charge in [0.1, 0.15) is 5.01 Å². The van der Waals surface area contributed by atoms with Gasteiger partial charge in [0.2, 0.25) is 0 Å². The van der Waals surface area contributed by atoms with Crippen molar-refractivity contribution < 1.29 is 9.90 Å². The predicted octanol–water partition coefficient (Wildman–Crippen LogP) is 2.78. The molecule has 0 amide bonds. The molecule has 0 radical (unpaired) electrons. The summed E-state index contributed by atoms with van der Waals surface area (Å²) in [5.74, 6) is -0.384. The molecule has 6 heteroatoms. The Balaban J connectivity index is 1.53. The zero-order valence-electron chi connectivity index (χ0n) is 10.3. The molecule has 0 aromatic carbocycles. The summed E-state index contributed by atoms with van der Waals surface area (Å²) in [5.41, 5.74) is 2.27. The zero-order valence-corrected chi connectivity index (χ0v) is 11.9. The number of carboxylic acid groups (broad SMARTS) is 1. The van der Waals surface area contributed by atoms with Crippen molar-refractivity contribution >= 4 is 28.6 Å². The number of carbonyl (C=O) groups is 1. The maximum absolute atomic E-state index is 10.6. The van der Waals surface area contributed by atoms with E-state index in [0.717, 1.165) is 30.3 Å². The van der Waals surface area contributed by atoms with Gasteiger partial charge in [0.15, 0.2) is 0 Å². The van der Waals surface area contributed by atoms with E-state index >= 15 is 0 Å². The van der Waals surface area contributed by atoms with Crippen LogP contribution in [0.3, 0.4) is 0 Å². The molecular weight excluding hydrogens is 280 g/mol. The van der Waals surface area contributed by atoms with Crippen molar-refractivity contribution in [1.82, 2.24) is 9.88 Å². The lowest BCUT2D eigenvalue weighted by molar-refractivity contribution is -0.139. The van der Waals surface area contributed by atoms with Crippen molar-refractivity contribution in [2.24, 2.45) is 5.92 Å². The summed E-state index contributed by atoms with van der Waals surface area (Å²) in [7, 11) is 0. The van der Waals surface area contributed by atoms with Crippen LogP contribution in [0.4, 0.5) is 0 Å². The van der Waals surface area contributed by atoms with Crippen LogP contribution >= 0.6 is 22.7 Å². The highest BCUT2D eigenvalue weighted by atomic mass is 32.1. The van der Waals surface area contributed by atoms with Crippen LogP contribution in [-0.2, 0) is 11.3 Å². The van der Waals surface area contributed by atoms with Gasteiger partial charge in [-0.2, -0.15) is 11.3 Å². The topological polar surface area (TPSA) is 53.4 Å². The first-order valence-corrected chi connectivity index (χ1v) is 7.94. The van der Waals surface area contributed by atoms with Crippen molar-refractivity contribution in [3.8, 4) is 10.6 Å². The lowest BCUT2D eigenvalue weighted by atomic mass is 9.96. The maximum Gasteiger partial charge on any atom is 0.303 e. The third-order valence-electron chi connectivity index (χ3n) is 3.20. The Hall–Kier alpha value is -1.24. The minimum Gasteiger partial charge on any atom is -0.481 e. The summed E-state index contributed by atoms with van der Waals surface area (Å²) in [6.45, 7) is 2.58. The zero-order chi connectivity index (χ0) is 13.2. The number of likely N-dealkylation sites (tertiary alicyclic amines) is 1. The predicted molar refractivity (Wildman–Crippen MR) is 76.4 cm³/mol. The summed E-state index contributed by atoms with van der Waals surface area (Å²) in [6.07, 6.45) is 0.285. The average molecular weight is 294 g/mol. The normalized spacial score (nSPS) is 16.4. The molecule has 0 bridgehead atoms. The van der Waals surface area contributed by atoms with Gasteiger partial charge >= 0.3 is 5.97 Å². The summed E-state index contributed by atoms with van der Waals surface area (Å²) in [6, 6.07) is 2.08. The molecule has 0 unspecified atom stereocenters. The van der Waals surface area contributed by atoms with Gasteiger partial charge < -0.3 is 5.11 Å². The number of aromatic nitrogens is 1. The highest BCUT2D eigenvalue weighted by Crippen LogP contribution is 2.27. The molecule has 3 heterocycles. The van der Waals surface area contributed by atoms with Crippen LogP contribution in [-0.4, -0.2) is 34.0 Å². The van der Waals surface area contributed by atoms with Crippen LogP contribution in [0.2, 0.25) is 0 Å². The van der Waals surface area contributed by atoms with Crippen LogP contribution in [0, 0.1) is 5.92 Å². The first kappa shape index (κ1) is 12.8.